The van der Waals surface area contributed by atoms with Crippen LogP contribution in [0.1, 0.15) is 33.9 Å². The summed E-state index contributed by atoms with van der Waals surface area (Å²) in [5.41, 5.74) is 0.000602. The number of carboxylic acids is 1. The molecule has 0 bridgehead atoms. The monoisotopic (exact) mass is 214 g/mol. The van der Waals surface area contributed by atoms with E-state index in [0.29, 0.717) is 0 Å². The maximum Gasteiger partial charge on any atom is 0.349 e. The fourth-order valence-electron chi connectivity index (χ4n) is 0.903. The molecule has 0 fully saturated rings. The highest BCUT2D eigenvalue weighted by Crippen LogP contribution is 2.18. The van der Waals surface area contributed by atoms with Crippen LogP contribution in [-0.2, 0) is 4.74 Å². The Morgan fingerprint density at radius 2 is 2.14 bits per heavy atom. The van der Waals surface area contributed by atoms with Crippen molar-refractivity contribution in [1.82, 2.24) is 0 Å². The number of carbonyl (C=O) groups is 2. The Kier molecular flexibility index (Phi) is 3.24. The minimum Gasteiger partial charge on any atom is -0.478 e. The van der Waals surface area contributed by atoms with Gasteiger partial charge in [0.1, 0.15) is 4.88 Å². The lowest BCUT2D eigenvalue weighted by atomic mass is 10.2. The molecule has 0 aliphatic rings. The minimum atomic E-state index is -1.11. The standard InChI is InChI=1S/C9H10O4S/c1-5(2)13-9(12)7-6(8(10)11)3-4-14-7/h3-5H,1-2H3,(H,10,11). The van der Waals surface area contributed by atoms with Gasteiger partial charge < -0.3 is 9.84 Å². The Morgan fingerprint density at radius 3 is 2.64 bits per heavy atom. The zero-order chi connectivity index (χ0) is 10.7. The number of ether oxygens (including phenoxy) is 1. The van der Waals surface area contributed by atoms with Crippen LogP contribution in [0.5, 0.6) is 0 Å². The summed E-state index contributed by atoms with van der Waals surface area (Å²) < 4.78 is 4.89. The molecule has 1 aromatic heterocycles. The Balaban J connectivity index is 2.90. The second-order valence-corrected chi connectivity index (χ2v) is 3.84. The SMILES string of the molecule is CC(C)OC(=O)c1sccc1C(=O)O. The Bertz CT molecular complexity index is 353. The number of hydrogen-bond donors (Lipinski definition) is 1. The van der Waals surface area contributed by atoms with E-state index in [2.05, 4.69) is 0 Å². The summed E-state index contributed by atoms with van der Waals surface area (Å²) in [6, 6.07) is 1.39. The van der Waals surface area contributed by atoms with E-state index in [-0.39, 0.29) is 16.5 Å². The van der Waals surface area contributed by atoms with Crippen molar-refractivity contribution in [3.8, 4) is 0 Å². The van der Waals surface area contributed by atoms with Crippen molar-refractivity contribution >= 4 is 23.3 Å². The lowest BCUT2D eigenvalue weighted by molar-refractivity contribution is 0.0377. The molecule has 0 aliphatic carbocycles. The predicted molar refractivity (Wildman–Crippen MR) is 51.8 cm³/mol. The zero-order valence-corrected chi connectivity index (χ0v) is 8.63. The van der Waals surface area contributed by atoms with Gasteiger partial charge in [-0.2, -0.15) is 0 Å². The fourth-order valence-corrected chi connectivity index (χ4v) is 1.67. The maximum absolute atomic E-state index is 11.4. The average Bonchev–Trinajstić information content (AvgIpc) is 2.49. The van der Waals surface area contributed by atoms with Gasteiger partial charge in [0.2, 0.25) is 0 Å². The first kappa shape index (κ1) is 10.7. The second-order valence-electron chi connectivity index (χ2n) is 2.92. The van der Waals surface area contributed by atoms with Crippen LogP contribution in [-0.4, -0.2) is 23.1 Å². The normalized spacial score (nSPS) is 10.2. The minimum absolute atomic E-state index is 0.000602. The fraction of sp³-hybridized carbons (Fsp3) is 0.333. The van der Waals surface area contributed by atoms with E-state index < -0.39 is 11.9 Å². The summed E-state index contributed by atoms with van der Waals surface area (Å²) >= 11 is 1.07. The highest BCUT2D eigenvalue weighted by atomic mass is 32.1. The quantitative estimate of drug-likeness (QED) is 0.782. The molecule has 0 amide bonds. The van der Waals surface area contributed by atoms with E-state index in [1.165, 1.54) is 6.07 Å². The number of hydrogen-bond acceptors (Lipinski definition) is 4. The molecule has 5 heteroatoms. The molecule has 0 unspecified atom stereocenters. The van der Waals surface area contributed by atoms with Gasteiger partial charge in [0.15, 0.2) is 0 Å². The van der Waals surface area contributed by atoms with Gasteiger partial charge in [-0.1, -0.05) is 0 Å². The van der Waals surface area contributed by atoms with Gasteiger partial charge in [-0.25, -0.2) is 9.59 Å². The van der Waals surface area contributed by atoms with Crippen LogP contribution in [0.4, 0.5) is 0 Å². The van der Waals surface area contributed by atoms with Crippen LogP contribution in [0.2, 0.25) is 0 Å². The number of aromatic carboxylic acids is 1. The molecule has 1 rings (SSSR count). The number of carbonyl (C=O) groups excluding carboxylic acids is 1. The molecule has 14 heavy (non-hydrogen) atoms. The van der Waals surface area contributed by atoms with Crippen LogP contribution in [0.15, 0.2) is 11.4 Å². The molecule has 0 saturated heterocycles. The molecule has 0 atom stereocenters. The van der Waals surface area contributed by atoms with E-state index in [9.17, 15) is 9.59 Å². The molecule has 76 valence electrons. The van der Waals surface area contributed by atoms with Gasteiger partial charge in [-0.15, -0.1) is 11.3 Å². The van der Waals surface area contributed by atoms with Crippen molar-refractivity contribution in [3.63, 3.8) is 0 Å². The van der Waals surface area contributed by atoms with E-state index in [0.717, 1.165) is 11.3 Å². The first-order chi connectivity index (χ1) is 6.52. The average molecular weight is 214 g/mol. The Hall–Kier alpha value is -1.36. The summed E-state index contributed by atoms with van der Waals surface area (Å²) in [7, 11) is 0. The molecule has 0 spiro atoms. The molecule has 0 aromatic carbocycles. The molecule has 1 aromatic rings. The summed E-state index contributed by atoms with van der Waals surface area (Å²) in [5.74, 6) is -1.69. The largest absolute Gasteiger partial charge is 0.478 e. The number of rotatable bonds is 3. The van der Waals surface area contributed by atoms with Crippen LogP contribution < -0.4 is 0 Å². The van der Waals surface area contributed by atoms with E-state index in [1.54, 1.807) is 19.2 Å². The van der Waals surface area contributed by atoms with Gasteiger partial charge in [0.05, 0.1) is 11.7 Å². The third-order valence-electron chi connectivity index (χ3n) is 1.42. The Labute approximate surface area is 85.1 Å². The van der Waals surface area contributed by atoms with E-state index in [1.807, 2.05) is 0 Å². The lowest BCUT2D eigenvalue weighted by Gasteiger charge is -2.06. The van der Waals surface area contributed by atoms with Crippen LogP contribution in [0.3, 0.4) is 0 Å². The van der Waals surface area contributed by atoms with E-state index in [4.69, 9.17) is 9.84 Å². The van der Waals surface area contributed by atoms with Gasteiger partial charge >= 0.3 is 11.9 Å². The predicted octanol–water partition coefficient (Wildman–Crippen LogP) is 2.01. The second kappa shape index (κ2) is 4.23. The third-order valence-corrected chi connectivity index (χ3v) is 2.32. The molecule has 0 radical (unpaired) electrons. The van der Waals surface area contributed by atoms with Crippen LogP contribution in [0, 0.1) is 0 Å². The van der Waals surface area contributed by atoms with E-state index >= 15 is 0 Å². The molecule has 1 heterocycles. The smallest absolute Gasteiger partial charge is 0.349 e. The first-order valence-electron chi connectivity index (χ1n) is 4.04. The van der Waals surface area contributed by atoms with Crippen molar-refractivity contribution in [1.29, 1.82) is 0 Å². The third kappa shape index (κ3) is 2.32. The van der Waals surface area contributed by atoms with Gasteiger partial charge in [-0.05, 0) is 25.3 Å². The maximum atomic E-state index is 11.4. The van der Waals surface area contributed by atoms with Gasteiger partial charge in [0, 0.05) is 0 Å². The van der Waals surface area contributed by atoms with Crippen molar-refractivity contribution < 1.29 is 19.4 Å². The molecule has 0 saturated carbocycles. The van der Waals surface area contributed by atoms with Crippen LogP contribution >= 0.6 is 11.3 Å². The number of esters is 1. The summed E-state index contributed by atoms with van der Waals surface area (Å²) in [5, 5.41) is 10.3. The summed E-state index contributed by atoms with van der Waals surface area (Å²) in [6.07, 6.45) is -0.244. The van der Waals surface area contributed by atoms with Gasteiger partial charge in [-0.3, -0.25) is 0 Å². The molecule has 4 nitrogen and oxygen atoms in total. The van der Waals surface area contributed by atoms with Gasteiger partial charge in [0.25, 0.3) is 0 Å². The molecule has 1 N–H and O–H groups in total. The topological polar surface area (TPSA) is 63.6 Å². The number of carboxylic acid groups (broad SMARTS) is 1. The lowest BCUT2D eigenvalue weighted by Crippen LogP contribution is -2.13. The van der Waals surface area contributed by atoms with Crippen molar-refractivity contribution in [2.24, 2.45) is 0 Å². The first-order valence-corrected chi connectivity index (χ1v) is 4.92. The highest BCUT2D eigenvalue weighted by molar-refractivity contribution is 7.12. The van der Waals surface area contributed by atoms with Crippen molar-refractivity contribution in [3.05, 3.63) is 21.9 Å². The number of thiophene rings is 1. The zero-order valence-electron chi connectivity index (χ0n) is 7.81. The molecular weight excluding hydrogens is 204 g/mol. The highest BCUT2D eigenvalue weighted by Gasteiger charge is 2.19. The van der Waals surface area contributed by atoms with Crippen molar-refractivity contribution in [2.75, 3.05) is 0 Å². The summed E-state index contributed by atoms with van der Waals surface area (Å²) in [4.78, 5) is 22.2. The molecule has 0 aliphatic heterocycles. The van der Waals surface area contributed by atoms with Crippen LogP contribution in [0.25, 0.3) is 0 Å². The summed E-state index contributed by atoms with van der Waals surface area (Å²) in [6.45, 7) is 3.43. The Morgan fingerprint density at radius 1 is 1.50 bits per heavy atom. The van der Waals surface area contributed by atoms with Crippen molar-refractivity contribution in [2.45, 2.75) is 20.0 Å². The molecular formula is C9H10O4S.